The van der Waals surface area contributed by atoms with Crippen LogP contribution < -0.4 is 0 Å². The Morgan fingerprint density at radius 1 is 0.852 bits per heavy atom. The SMILES string of the molecule is CCc1ccc(C(=O)CN2CCN(C(=O)CCc3ccccc3)CC2)cc1. The number of hydrogen-bond acceptors (Lipinski definition) is 3. The second-order valence-electron chi connectivity index (χ2n) is 7.12. The van der Waals surface area contributed by atoms with Crippen molar-refractivity contribution in [3.8, 4) is 0 Å². The van der Waals surface area contributed by atoms with Gasteiger partial charge in [-0.25, -0.2) is 0 Å². The van der Waals surface area contributed by atoms with Crippen molar-refractivity contribution in [3.05, 3.63) is 71.3 Å². The molecule has 0 radical (unpaired) electrons. The van der Waals surface area contributed by atoms with Crippen molar-refractivity contribution in [1.29, 1.82) is 0 Å². The largest absolute Gasteiger partial charge is 0.340 e. The summed E-state index contributed by atoms with van der Waals surface area (Å²) in [6.45, 7) is 5.46. The normalized spacial score (nSPS) is 14.9. The maximum absolute atomic E-state index is 12.5. The average Bonchev–Trinajstić information content (AvgIpc) is 2.73. The molecule has 0 aromatic heterocycles. The standard InChI is InChI=1S/C23H28N2O2/c1-2-19-8-11-21(12-9-19)22(26)18-24-14-16-25(17-15-24)23(27)13-10-20-6-4-3-5-7-20/h3-9,11-12H,2,10,13-18H2,1H3. The molecule has 1 fully saturated rings. The number of amides is 1. The average molecular weight is 364 g/mol. The third-order valence-electron chi connectivity index (χ3n) is 5.25. The molecule has 1 heterocycles. The summed E-state index contributed by atoms with van der Waals surface area (Å²) < 4.78 is 0. The molecule has 0 saturated carbocycles. The van der Waals surface area contributed by atoms with Crippen LogP contribution in [-0.2, 0) is 17.6 Å². The first kappa shape index (κ1) is 19.3. The Hall–Kier alpha value is -2.46. The topological polar surface area (TPSA) is 40.6 Å². The molecule has 0 spiro atoms. The van der Waals surface area contributed by atoms with E-state index in [0.29, 0.717) is 26.1 Å². The minimum absolute atomic E-state index is 0.154. The van der Waals surface area contributed by atoms with Gasteiger partial charge in [0.1, 0.15) is 0 Å². The number of benzene rings is 2. The van der Waals surface area contributed by atoms with Gasteiger partial charge in [-0.05, 0) is 24.0 Å². The predicted molar refractivity (Wildman–Crippen MR) is 108 cm³/mol. The van der Waals surface area contributed by atoms with Gasteiger partial charge < -0.3 is 4.90 Å². The van der Waals surface area contributed by atoms with E-state index in [-0.39, 0.29) is 11.7 Å². The molecule has 0 aliphatic carbocycles. The molecule has 1 saturated heterocycles. The van der Waals surface area contributed by atoms with Crippen molar-refractivity contribution >= 4 is 11.7 Å². The highest BCUT2D eigenvalue weighted by Gasteiger charge is 2.22. The van der Waals surface area contributed by atoms with Gasteiger partial charge >= 0.3 is 0 Å². The molecule has 142 valence electrons. The van der Waals surface area contributed by atoms with Crippen LogP contribution in [-0.4, -0.2) is 54.2 Å². The van der Waals surface area contributed by atoms with Crippen LogP contribution >= 0.6 is 0 Å². The van der Waals surface area contributed by atoms with E-state index >= 15 is 0 Å². The molecule has 27 heavy (non-hydrogen) atoms. The fourth-order valence-electron chi connectivity index (χ4n) is 3.43. The third-order valence-corrected chi connectivity index (χ3v) is 5.25. The van der Waals surface area contributed by atoms with E-state index in [1.165, 1.54) is 11.1 Å². The Morgan fingerprint density at radius 3 is 2.15 bits per heavy atom. The Morgan fingerprint density at radius 2 is 1.52 bits per heavy atom. The lowest BCUT2D eigenvalue weighted by Gasteiger charge is -2.34. The Labute approximate surface area is 161 Å². The second-order valence-corrected chi connectivity index (χ2v) is 7.12. The smallest absolute Gasteiger partial charge is 0.222 e. The van der Waals surface area contributed by atoms with E-state index in [9.17, 15) is 9.59 Å². The number of nitrogens with zero attached hydrogens (tertiary/aromatic N) is 2. The summed E-state index contributed by atoms with van der Waals surface area (Å²) >= 11 is 0. The zero-order valence-corrected chi connectivity index (χ0v) is 16.1. The van der Waals surface area contributed by atoms with Gasteiger partial charge in [-0.3, -0.25) is 14.5 Å². The molecule has 2 aromatic rings. The van der Waals surface area contributed by atoms with Crippen molar-refractivity contribution in [2.45, 2.75) is 26.2 Å². The van der Waals surface area contributed by atoms with E-state index < -0.39 is 0 Å². The fourth-order valence-corrected chi connectivity index (χ4v) is 3.43. The van der Waals surface area contributed by atoms with Crippen LogP contribution in [0.15, 0.2) is 54.6 Å². The van der Waals surface area contributed by atoms with Gasteiger partial charge in [0.15, 0.2) is 5.78 Å². The number of carbonyl (C=O) groups excluding carboxylic acids is 2. The van der Waals surface area contributed by atoms with Crippen molar-refractivity contribution in [2.24, 2.45) is 0 Å². The van der Waals surface area contributed by atoms with Gasteiger partial charge in [-0.2, -0.15) is 0 Å². The molecule has 2 aromatic carbocycles. The number of carbonyl (C=O) groups is 2. The van der Waals surface area contributed by atoms with Crippen LogP contribution in [0.1, 0.15) is 34.8 Å². The first-order chi connectivity index (χ1) is 13.2. The zero-order chi connectivity index (χ0) is 19.1. The lowest BCUT2D eigenvalue weighted by atomic mass is 10.1. The second kappa shape index (κ2) is 9.47. The quantitative estimate of drug-likeness (QED) is 0.709. The van der Waals surface area contributed by atoms with Gasteiger partial charge in [-0.1, -0.05) is 61.5 Å². The molecule has 0 bridgehead atoms. The van der Waals surface area contributed by atoms with Crippen molar-refractivity contribution in [1.82, 2.24) is 9.80 Å². The lowest BCUT2D eigenvalue weighted by molar-refractivity contribution is -0.132. The number of piperazine rings is 1. The van der Waals surface area contributed by atoms with E-state index in [2.05, 4.69) is 24.0 Å². The van der Waals surface area contributed by atoms with Crippen LogP contribution in [0.3, 0.4) is 0 Å². The van der Waals surface area contributed by atoms with E-state index in [1.54, 1.807) is 0 Å². The van der Waals surface area contributed by atoms with E-state index in [4.69, 9.17) is 0 Å². The highest BCUT2D eigenvalue weighted by atomic mass is 16.2. The van der Waals surface area contributed by atoms with Crippen LogP contribution in [0.5, 0.6) is 0 Å². The summed E-state index contributed by atoms with van der Waals surface area (Å²) in [5.41, 5.74) is 3.21. The molecule has 0 unspecified atom stereocenters. The van der Waals surface area contributed by atoms with Crippen molar-refractivity contribution in [2.75, 3.05) is 32.7 Å². The molecule has 0 atom stereocenters. The van der Waals surface area contributed by atoms with Crippen molar-refractivity contribution in [3.63, 3.8) is 0 Å². The monoisotopic (exact) mass is 364 g/mol. The number of ketones is 1. The maximum atomic E-state index is 12.5. The van der Waals surface area contributed by atoms with Crippen LogP contribution in [0.2, 0.25) is 0 Å². The maximum Gasteiger partial charge on any atom is 0.222 e. The van der Waals surface area contributed by atoms with Gasteiger partial charge in [0, 0.05) is 38.2 Å². The number of Topliss-reactive ketones (excluding diaryl/α,β-unsaturated/α-hetero) is 1. The lowest BCUT2D eigenvalue weighted by Crippen LogP contribution is -2.49. The number of hydrogen-bond donors (Lipinski definition) is 0. The highest BCUT2D eigenvalue weighted by molar-refractivity contribution is 5.97. The Kier molecular flexibility index (Phi) is 6.77. The number of aryl methyl sites for hydroxylation is 2. The van der Waals surface area contributed by atoms with Gasteiger partial charge in [0.05, 0.1) is 6.54 Å². The molecule has 1 aliphatic rings. The van der Waals surface area contributed by atoms with Gasteiger partial charge in [-0.15, -0.1) is 0 Å². The Balaban J connectivity index is 1.42. The molecule has 3 rings (SSSR count). The fraction of sp³-hybridized carbons (Fsp3) is 0.391. The van der Waals surface area contributed by atoms with Gasteiger partial charge in [0.2, 0.25) is 5.91 Å². The summed E-state index contributed by atoms with van der Waals surface area (Å²) in [5.74, 6) is 0.362. The first-order valence-corrected chi connectivity index (χ1v) is 9.82. The molecule has 4 heteroatoms. The summed E-state index contributed by atoms with van der Waals surface area (Å²) in [6, 6.07) is 18.0. The highest BCUT2D eigenvalue weighted by Crippen LogP contribution is 2.10. The minimum atomic E-state index is 0.154. The molecular formula is C23H28N2O2. The van der Waals surface area contributed by atoms with Crippen LogP contribution in [0, 0.1) is 0 Å². The van der Waals surface area contributed by atoms with Crippen LogP contribution in [0.25, 0.3) is 0 Å². The molecule has 1 amide bonds. The molecule has 1 aliphatic heterocycles. The molecule has 0 N–H and O–H groups in total. The zero-order valence-electron chi connectivity index (χ0n) is 16.1. The third kappa shape index (κ3) is 5.51. The summed E-state index contributed by atoms with van der Waals surface area (Å²) in [5, 5.41) is 0. The van der Waals surface area contributed by atoms with E-state index in [1.807, 2.05) is 47.4 Å². The predicted octanol–water partition coefficient (Wildman–Crippen LogP) is 3.21. The van der Waals surface area contributed by atoms with E-state index in [0.717, 1.165) is 31.5 Å². The summed E-state index contributed by atoms with van der Waals surface area (Å²) in [7, 11) is 0. The van der Waals surface area contributed by atoms with Crippen molar-refractivity contribution < 1.29 is 9.59 Å². The van der Waals surface area contributed by atoms with Gasteiger partial charge in [0.25, 0.3) is 0 Å². The molecule has 4 nitrogen and oxygen atoms in total. The Bertz CT molecular complexity index is 748. The van der Waals surface area contributed by atoms with Crippen LogP contribution in [0.4, 0.5) is 0 Å². The minimum Gasteiger partial charge on any atom is -0.340 e. The summed E-state index contributed by atoms with van der Waals surface area (Å²) in [4.78, 5) is 29.0. The number of rotatable bonds is 7. The molecular weight excluding hydrogens is 336 g/mol. The summed E-state index contributed by atoms with van der Waals surface area (Å²) in [6.07, 6.45) is 2.31. The first-order valence-electron chi connectivity index (χ1n) is 9.82.